The molecule has 1 aromatic carbocycles. The summed E-state index contributed by atoms with van der Waals surface area (Å²) in [6, 6.07) is 0.281. The molecule has 0 radical (unpaired) electrons. The van der Waals surface area contributed by atoms with Crippen molar-refractivity contribution in [3.05, 3.63) is 29.3 Å². The highest BCUT2D eigenvalue weighted by Crippen LogP contribution is 2.29. The summed E-state index contributed by atoms with van der Waals surface area (Å²) in [4.78, 5) is 10.8. The second kappa shape index (κ2) is 5.90. The molecular formula is C13H16F2N2O4S. The summed E-state index contributed by atoms with van der Waals surface area (Å²) in [5, 5.41) is 0. The van der Waals surface area contributed by atoms with Crippen molar-refractivity contribution in [2.75, 3.05) is 13.7 Å². The fourth-order valence-electron chi connectivity index (χ4n) is 2.42. The minimum absolute atomic E-state index is 0.0157. The summed E-state index contributed by atoms with van der Waals surface area (Å²) in [6.07, 6.45) is -0.427. The molecule has 0 spiro atoms. The first-order valence-electron chi connectivity index (χ1n) is 6.48. The van der Waals surface area contributed by atoms with Crippen molar-refractivity contribution in [3.8, 4) is 0 Å². The molecule has 0 aliphatic carbocycles. The van der Waals surface area contributed by atoms with Gasteiger partial charge in [-0.3, -0.25) is 4.79 Å². The van der Waals surface area contributed by atoms with Gasteiger partial charge in [0, 0.05) is 26.1 Å². The summed E-state index contributed by atoms with van der Waals surface area (Å²) >= 11 is 0. The first-order valence-corrected chi connectivity index (χ1v) is 7.92. The number of sulfonamides is 1. The molecule has 0 bridgehead atoms. The average Bonchev–Trinajstić information content (AvgIpc) is 2.88. The van der Waals surface area contributed by atoms with Gasteiger partial charge in [-0.2, -0.15) is 4.31 Å². The van der Waals surface area contributed by atoms with E-state index in [1.165, 1.54) is 14.0 Å². The molecule has 122 valence electrons. The Morgan fingerprint density at radius 1 is 1.36 bits per heavy atom. The van der Waals surface area contributed by atoms with E-state index in [1.54, 1.807) is 0 Å². The summed E-state index contributed by atoms with van der Waals surface area (Å²) in [5.41, 5.74) is 5.20. The SMILES string of the molecule is CO[C@H]1C[C@@H](C(N)=O)N(S(=O)(=O)c2cc(C)c(F)cc2F)C1. The third-order valence-electron chi connectivity index (χ3n) is 3.68. The summed E-state index contributed by atoms with van der Waals surface area (Å²) in [6.45, 7) is 1.20. The van der Waals surface area contributed by atoms with Crippen molar-refractivity contribution in [2.24, 2.45) is 5.73 Å². The predicted molar refractivity (Wildman–Crippen MR) is 73.4 cm³/mol. The molecule has 1 aliphatic rings. The van der Waals surface area contributed by atoms with Gasteiger partial charge in [-0.05, 0) is 18.6 Å². The number of nitrogens with zero attached hydrogens (tertiary/aromatic N) is 1. The zero-order valence-electron chi connectivity index (χ0n) is 12.0. The molecule has 2 rings (SSSR count). The Hall–Kier alpha value is -1.58. The van der Waals surface area contributed by atoms with E-state index in [4.69, 9.17) is 10.5 Å². The number of methoxy groups -OCH3 is 1. The van der Waals surface area contributed by atoms with Gasteiger partial charge in [0.05, 0.1) is 6.10 Å². The standard InChI is InChI=1S/C13H16F2N2O4S/c1-7-3-12(10(15)5-9(7)14)22(19,20)17-6-8(21-2)4-11(17)13(16)18/h3,5,8,11H,4,6H2,1-2H3,(H2,16,18)/t8-,11-/m0/s1. The number of hydrogen-bond acceptors (Lipinski definition) is 4. The van der Waals surface area contributed by atoms with Crippen LogP contribution in [0.2, 0.25) is 0 Å². The van der Waals surface area contributed by atoms with Gasteiger partial charge in [0.15, 0.2) is 0 Å². The third-order valence-corrected chi connectivity index (χ3v) is 5.57. The monoisotopic (exact) mass is 334 g/mol. The van der Waals surface area contributed by atoms with Crippen LogP contribution in [-0.2, 0) is 19.6 Å². The Morgan fingerprint density at radius 2 is 2.00 bits per heavy atom. The molecule has 0 aromatic heterocycles. The third kappa shape index (κ3) is 2.83. The van der Waals surface area contributed by atoms with Crippen molar-refractivity contribution in [1.29, 1.82) is 0 Å². The summed E-state index contributed by atoms with van der Waals surface area (Å²) in [7, 11) is -2.96. The molecular weight excluding hydrogens is 318 g/mol. The number of benzene rings is 1. The van der Waals surface area contributed by atoms with Crippen molar-refractivity contribution in [3.63, 3.8) is 0 Å². The second-order valence-corrected chi connectivity index (χ2v) is 6.98. The quantitative estimate of drug-likeness (QED) is 0.870. The number of carbonyl (C=O) groups excluding carboxylic acids is 1. The summed E-state index contributed by atoms with van der Waals surface area (Å²) < 4.78 is 58.3. The van der Waals surface area contributed by atoms with Crippen LogP contribution in [0.3, 0.4) is 0 Å². The highest BCUT2D eigenvalue weighted by atomic mass is 32.2. The predicted octanol–water partition coefficient (Wildman–Crippen LogP) is 0.537. The van der Waals surface area contributed by atoms with E-state index < -0.39 is 44.6 Å². The number of ether oxygens (including phenoxy) is 1. The van der Waals surface area contributed by atoms with Crippen LogP contribution in [0.5, 0.6) is 0 Å². The van der Waals surface area contributed by atoms with Crippen molar-refractivity contribution >= 4 is 15.9 Å². The number of primary amides is 1. The lowest BCUT2D eigenvalue weighted by molar-refractivity contribution is -0.121. The van der Waals surface area contributed by atoms with Crippen molar-refractivity contribution in [2.45, 2.75) is 30.4 Å². The Bertz CT molecular complexity index is 708. The maximum atomic E-state index is 13.9. The normalized spacial score (nSPS) is 22.9. The molecule has 6 nitrogen and oxygen atoms in total. The van der Waals surface area contributed by atoms with E-state index in [0.717, 1.165) is 10.4 Å². The Balaban J connectivity index is 2.50. The van der Waals surface area contributed by atoms with E-state index in [9.17, 15) is 22.0 Å². The highest BCUT2D eigenvalue weighted by Gasteiger charge is 2.44. The van der Waals surface area contributed by atoms with Gasteiger partial charge < -0.3 is 10.5 Å². The van der Waals surface area contributed by atoms with Crippen LogP contribution in [0.15, 0.2) is 17.0 Å². The number of amides is 1. The zero-order chi connectivity index (χ0) is 16.7. The minimum Gasteiger partial charge on any atom is -0.380 e. The Morgan fingerprint density at radius 3 is 2.55 bits per heavy atom. The Kier molecular flexibility index (Phi) is 4.50. The highest BCUT2D eigenvalue weighted by molar-refractivity contribution is 7.89. The van der Waals surface area contributed by atoms with Crippen molar-refractivity contribution < 1.29 is 26.7 Å². The molecule has 0 unspecified atom stereocenters. The molecule has 2 N–H and O–H groups in total. The van der Waals surface area contributed by atoms with Gasteiger partial charge in [-0.25, -0.2) is 17.2 Å². The zero-order valence-corrected chi connectivity index (χ0v) is 12.9. The lowest BCUT2D eigenvalue weighted by Crippen LogP contribution is -2.43. The van der Waals surface area contributed by atoms with Gasteiger partial charge in [-0.15, -0.1) is 0 Å². The maximum Gasteiger partial charge on any atom is 0.246 e. The first-order chi connectivity index (χ1) is 10.2. The van der Waals surface area contributed by atoms with Gasteiger partial charge in [-0.1, -0.05) is 0 Å². The smallest absolute Gasteiger partial charge is 0.246 e. The number of hydrogen-bond donors (Lipinski definition) is 1. The fourth-order valence-corrected chi connectivity index (χ4v) is 4.19. The number of rotatable bonds is 4. The van der Waals surface area contributed by atoms with Gasteiger partial charge in [0.2, 0.25) is 15.9 Å². The van der Waals surface area contributed by atoms with E-state index in [2.05, 4.69) is 0 Å². The van der Waals surface area contributed by atoms with Crippen LogP contribution in [-0.4, -0.2) is 44.4 Å². The molecule has 9 heteroatoms. The average molecular weight is 334 g/mol. The number of carbonyl (C=O) groups is 1. The van der Waals surface area contributed by atoms with Crippen LogP contribution in [0, 0.1) is 18.6 Å². The van der Waals surface area contributed by atoms with E-state index in [0.29, 0.717) is 6.07 Å². The van der Waals surface area contributed by atoms with Crippen LogP contribution < -0.4 is 5.73 Å². The van der Waals surface area contributed by atoms with Gasteiger partial charge in [0.25, 0.3) is 0 Å². The molecule has 1 amide bonds. The largest absolute Gasteiger partial charge is 0.380 e. The molecule has 2 atom stereocenters. The molecule has 1 heterocycles. The number of halogens is 2. The number of nitrogens with two attached hydrogens (primary N) is 1. The van der Waals surface area contributed by atoms with Crippen LogP contribution >= 0.6 is 0 Å². The van der Waals surface area contributed by atoms with E-state index in [-0.39, 0.29) is 18.5 Å². The molecule has 1 saturated heterocycles. The molecule has 1 aliphatic heterocycles. The molecule has 1 fully saturated rings. The van der Waals surface area contributed by atoms with Crippen molar-refractivity contribution in [1.82, 2.24) is 4.31 Å². The van der Waals surface area contributed by atoms with Crippen LogP contribution in [0.1, 0.15) is 12.0 Å². The topological polar surface area (TPSA) is 89.7 Å². The maximum absolute atomic E-state index is 13.9. The lowest BCUT2D eigenvalue weighted by Gasteiger charge is -2.22. The van der Waals surface area contributed by atoms with Crippen LogP contribution in [0.25, 0.3) is 0 Å². The summed E-state index contributed by atoms with van der Waals surface area (Å²) in [5.74, 6) is -2.91. The Labute approximate surface area is 126 Å². The van der Waals surface area contributed by atoms with E-state index in [1.807, 2.05) is 0 Å². The molecule has 0 saturated carbocycles. The van der Waals surface area contributed by atoms with Gasteiger partial charge >= 0.3 is 0 Å². The minimum atomic E-state index is -4.33. The molecule has 1 aromatic rings. The van der Waals surface area contributed by atoms with Crippen LogP contribution in [0.4, 0.5) is 8.78 Å². The lowest BCUT2D eigenvalue weighted by atomic mass is 10.2. The van der Waals surface area contributed by atoms with Gasteiger partial charge in [0.1, 0.15) is 22.6 Å². The first kappa shape index (κ1) is 16.8. The molecule has 22 heavy (non-hydrogen) atoms. The second-order valence-electron chi connectivity index (χ2n) is 5.12. The number of aryl methyl sites for hydroxylation is 1. The van der Waals surface area contributed by atoms with E-state index >= 15 is 0 Å². The fraction of sp³-hybridized carbons (Fsp3) is 0.462.